The highest BCUT2D eigenvalue weighted by molar-refractivity contribution is 6.33. The van der Waals surface area contributed by atoms with Gasteiger partial charge < -0.3 is 10.6 Å². The molecule has 116 valence electrons. The van der Waals surface area contributed by atoms with Gasteiger partial charge in [0.1, 0.15) is 0 Å². The molecule has 0 saturated carbocycles. The number of aryl methyl sites for hydroxylation is 1. The predicted molar refractivity (Wildman–Crippen MR) is 88.3 cm³/mol. The fourth-order valence-corrected chi connectivity index (χ4v) is 3.16. The summed E-state index contributed by atoms with van der Waals surface area (Å²) in [5.74, 6) is 1.06. The Hall–Kier alpha value is -1.22. The van der Waals surface area contributed by atoms with Crippen LogP contribution in [0.15, 0.2) is 18.2 Å². The van der Waals surface area contributed by atoms with E-state index in [0.717, 1.165) is 32.4 Å². The van der Waals surface area contributed by atoms with Crippen LogP contribution >= 0.6 is 11.6 Å². The van der Waals surface area contributed by atoms with E-state index in [-0.39, 0.29) is 5.92 Å². The summed E-state index contributed by atoms with van der Waals surface area (Å²) in [6, 6.07) is 5.88. The lowest BCUT2D eigenvalue weighted by Crippen LogP contribution is -2.32. The molecular weight excluding hydrogens is 284 g/mol. The van der Waals surface area contributed by atoms with Gasteiger partial charge in [0.05, 0.1) is 10.7 Å². The minimum absolute atomic E-state index is 0.112. The molecule has 1 fully saturated rings. The van der Waals surface area contributed by atoms with E-state index in [1.807, 2.05) is 36.9 Å². The Labute approximate surface area is 132 Å². The van der Waals surface area contributed by atoms with E-state index in [1.165, 1.54) is 12.0 Å². The number of anilines is 1. The van der Waals surface area contributed by atoms with E-state index in [9.17, 15) is 4.79 Å². The van der Waals surface area contributed by atoms with Gasteiger partial charge in [0, 0.05) is 19.0 Å². The van der Waals surface area contributed by atoms with Gasteiger partial charge in [-0.1, -0.05) is 31.5 Å². The number of halogens is 1. The van der Waals surface area contributed by atoms with Gasteiger partial charge in [-0.2, -0.15) is 0 Å². The fourth-order valence-electron chi connectivity index (χ4n) is 2.95. The Morgan fingerprint density at radius 2 is 2.24 bits per heavy atom. The lowest BCUT2D eigenvalue weighted by atomic mass is 9.99. The predicted octanol–water partition coefficient (Wildman–Crippen LogP) is 3.75. The van der Waals surface area contributed by atoms with Crippen LogP contribution in [0.1, 0.15) is 38.7 Å². The number of likely N-dealkylation sites (tertiary alicyclic amines) is 1. The van der Waals surface area contributed by atoms with Gasteiger partial charge in [0.15, 0.2) is 0 Å². The topological polar surface area (TPSA) is 46.3 Å². The molecule has 1 amide bonds. The van der Waals surface area contributed by atoms with Crippen LogP contribution in [0.5, 0.6) is 0 Å². The van der Waals surface area contributed by atoms with Crippen LogP contribution in [-0.2, 0) is 11.2 Å². The van der Waals surface area contributed by atoms with Crippen LogP contribution in [0.3, 0.4) is 0 Å². The van der Waals surface area contributed by atoms with Crippen molar-refractivity contribution in [1.29, 1.82) is 0 Å². The number of nitrogens with zero attached hydrogens (tertiary/aromatic N) is 1. The zero-order valence-corrected chi connectivity index (χ0v) is 13.7. The van der Waals surface area contributed by atoms with Crippen LogP contribution in [0.25, 0.3) is 0 Å². The van der Waals surface area contributed by atoms with Gasteiger partial charge in [-0.05, 0) is 49.3 Å². The quantitative estimate of drug-likeness (QED) is 0.842. The molecule has 2 N–H and O–H groups in total. The molecule has 4 heteroatoms. The van der Waals surface area contributed by atoms with Gasteiger partial charge in [0.2, 0.25) is 5.91 Å². The minimum atomic E-state index is 0.112. The maximum atomic E-state index is 12.0. The zero-order valence-electron chi connectivity index (χ0n) is 12.9. The molecule has 0 spiro atoms. The summed E-state index contributed by atoms with van der Waals surface area (Å²) in [6.07, 6.45) is 4.47. The molecule has 0 bridgehead atoms. The van der Waals surface area contributed by atoms with Gasteiger partial charge in [0.25, 0.3) is 0 Å². The maximum absolute atomic E-state index is 12.0. The number of rotatable bonds is 5. The smallest absolute Gasteiger partial charge is 0.225 e. The highest BCUT2D eigenvalue weighted by Crippen LogP contribution is 2.25. The number of nitrogens with two attached hydrogens (primary N) is 1. The highest BCUT2D eigenvalue weighted by Gasteiger charge is 2.26. The number of carbonyl (C=O) groups excluding carboxylic acids is 1. The number of hydrogen-bond acceptors (Lipinski definition) is 2. The average Bonchev–Trinajstić information content (AvgIpc) is 2.90. The van der Waals surface area contributed by atoms with E-state index in [1.54, 1.807) is 0 Å². The third-order valence-electron chi connectivity index (χ3n) is 4.23. The van der Waals surface area contributed by atoms with E-state index in [2.05, 4.69) is 0 Å². The molecule has 0 aromatic heterocycles. The second-order valence-corrected chi connectivity index (χ2v) is 6.75. The Kier molecular flexibility index (Phi) is 5.51. The standard InChI is InChI=1S/C17H25ClN2O/c1-12(2)17(21)20-9-8-14(11-20)5-3-4-13-6-7-16(19)15(18)10-13/h6-7,10,12,14H,3-5,8-9,11,19H2,1-2H3. The molecule has 21 heavy (non-hydrogen) atoms. The summed E-state index contributed by atoms with van der Waals surface area (Å²) < 4.78 is 0. The highest BCUT2D eigenvalue weighted by atomic mass is 35.5. The molecule has 1 aromatic rings. The van der Waals surface area contributed by atoms with Crippen molar-refractivity contribution in [3.63, 3.8) is 0 Å². The molecule has 1 unspecified atom stereocenters. The maximum Gasteiger partial charge on any atom is 0.225 e. The number of carbonyl (C=O) groups is 1. The average molecular weight is 309 g/mol. The molecule has 3 nitrogen and oxygen atoms in total. The van der Waals surface area contributed by atoms with Gasteiger partial charge in [-0.25, -0.2) is 0 Å². The van der Waals surface area contributed by atoms with Crippen LogP contribution in [0, 0.1) is 11.8 Å². The van der Waals surface area contributed by atoms with E-state index in [4.69, 9.17) is 17.3 Å². The molecule has 1 aliphatic rings. The molecule has 1 aliphatic heterocycles. The first-order valence-corrected chi connectivity index (χ1v) is 8.18. The summed E-state index contributed by atoms with van der Waals surface area (Å²) in [4.78, 5) is 14.0. The molecule has 1 heterocycles. The third kappa shape index (κ3) is 4.37. The Morgan fingerprint density at radius 3 is 2.90 bits per heavy atom. The van der Waals surface area contributed by atoms with Crippen molar-refractivity contribution < 1.29 is 4.79 Å². The fraction of sp³-hybridized carbons (Fsp3) is 0.588. The molecule has 0 radical (unpaired) electrons. The first kappa shape index (κ1) is 16.2. The van der Waals surface area contributed by atoms with Crippen molar-refractivity contribution in [2.24, 2.45) is 11.8 Å². The Balaban J connectivity index is 1.74. The Morgan fingerprint density at radius 1 is 1.48 bits per heavy atom. The first-order valence-electron chi connectivity index (χ1n) is 7.80. The number of amides is 1. The van der Waals surface area contributed by atoms with Crippen molar-refractivity contribution in [2.45, 2.75) is 39.5 Å². The van der Waals surface area contributed by atoms with Crippen molar-refractivity contribution in [3.8, 4) is 0 Å². The van der Waals surface area contributed by atoms with Crippen molar-refractivity contribution in [3.05, 3.63) is 28.8 Å². The molecule has 1 saturated heterocycles. The normalized spacial score (nSPS) is 18.5. The van der Waals surface area contributed by atoms with E-state index >= 15 is 0 Å². The lowest BCUT2D eigenvalue weighted by Gasteiger charge is -2.18. The zero-order chi connectivity index (χ0) is 15.4. The van der Waals surface area contributed by atoms with Gasteiger partial charge in [-0.3, -0.25) is 4.79 Å². The molecular formula is C17H25ClN2O. The number of nitrogen functional groups attached to an aromatic ring is 1. The van der Waals surface area contributed by atoms with E-state index < -0.39 is 0 Å². The summed E-state index contributed by atoms with van der Waals surface area (Å²) in [5, 5.41) is 0.641. The van der Waals surface area contributed by atoms with Crippen LogP contribution < -0.4 is 5.73 Å². The molecule has 1 atom stereocenters. The molecule has 1 aromatic carbocycles. The van der Waals surface area contributed by atoms with Gasteiger partial charge >= 0.3 is 0 Å². The van der Waals surface area contributed by atoms with Crippen LogP contribution in [0.2, 0.25) is 5.02 Å². The van der Waals surface area contributed by atoms with Crippen molar-refractivity contribution >= 4 is 23.2 Å². The minimum Gasteiger partial charge on any atom is -0.398 e. The Bertz CT molecular complexity index is 502. The van der Waals surface area contributed by atoms with Gasteiger partial charge in [-0.15, -0.1) is 0 Å². The molecule has 0 aliphatic carbocycles. The van der Waals surface area contributed by atoms with Crippen molar-refractivity contribution in [1.82, 2.24) is 4.90 Å². The first-order chi connectivity index (χ1) is 9.97. The number of benzene rings is 1. The number of hydrogen-bond donors (Lipinski definition) is 1. The second kappa shape index (κ2) is 7.17. The summed E-state index contributed by atoms with van der Waals surface area (Å²) in [6.45, 7) is 5.80. The second-order valence-electron chi connectivity index (χ2n) is 6.34. The third-order valence-corrected chi connectivity index (χ3v) is 4.56. The van der Waals surface area contributed by atoms with Crippen LogP contribution in [-0.4, -0.2) is 23.9 Å². The monoisotopic (exact) mass is 308 g/mol. The SMILES string of the molecule is CC(C)C(=O)N1CCC(CCCc2ccc(N)c(Cl)c2)C1. The molecule has 2 rings (SSSR count). The van der Waals surface area contributed by atoms with Crippen LogP contribution in [0.4, 0.5) is 5.69 Å². The lowest BCUT2D eigenvalue weighted by molar-refractivity contribution is -0.133. The van der Waals surface area contributed by atoms with Crippen molar-refractivity contribution in [2.75, 3.05) is 18.8 Å². The summed E-state index contributed by atoms with van der Waals surface area (Å²) in [7, 11) is 0. The summed E-state index contributed by atoms with van der Waals surface area (Å²) in [5.41, 5.74) is 7.59. The van der Waals surface area contributed by atoms with E-state index in [0.29, 0.717) is 22.5 Å². The largest absolute Gasteiger partial charge is 0.398 e. The summed E-state index contributed by atoms with van der Waals surface area (Å²) >= 11 is 6.03.